The van der Waals surface area contributed by atoms with Crippen LogP contribution in [0.25, 0.3) is 10.8 Å². The minimum atomic E-state index is 0. The number of hydrogen-bond donors (Lipinski definition) is 2. The Morgan fingerprint density at radius 2 is 1.74 bits per heavy atom. The van der Waals surface area contributed by atoms with Crippen LogP contribution in [0.2, 0.25) is 0 Å². The van der Waals surface area contributed by atoms with E-state index in [0.717, 1.165) is 13.1 Å². The molecule has 1 fully saturated rings. The van der Waals surface area contributed by atoms with Crippen molar-refractivity contribution in [3.8, 4) is 0 Å². The highest BCUT2D eigenvalue weighted by Gasteiger charge is 2.19. The van der Waals surface area contributed by atoms with Gasteiger partial charge in [0, 0.05) is 25.2 Å². The molecule has 0 saturated carbocycles. The Morgan fingerprint density at radius 3 is 2.42 bits per heavy atom. The number of rotatable bonds is 3. The third-order valence-corrected chi connectivity index (χ3v) is 3.56. The molecule has 2 N–H and O–H groups in total. The van der Waals surface area contributed by atoms with E-state index in [1.165, 1.54) is 16.3 Å². The summed E-state index contributed by atoms with van der Waals surface area (Å²) in [6.45, 7) is 4.43. The van der Waals surface area contributed by atoms with E-state index in [1.54, 1.807) is 0 Å². The molecule has 0 radical (unpaired) electrons. The van der Waals surface area contributed by atoms with Gasteiger partial charge in [0.15, 0.2) is 0 Å². The lowest BCUT2D eigenvalue weighted by Crippen LogP contribution is -2.55. The minimum absolute atomic E-state index is 0. The molecule has 0 unspecified atom stereocenters. The summed E-state index contributed by atoms with van der Waals surface area (Å²) in [6, 6.07) is 16.2. The van der Waals surface area contributed by atoms with Crippen LogP contribution in [0.3, 0.4) is 0 Å². The highest BCUT2D eigenvalue weighted by Crippen LogP contribution is 2.24. The van der Waals surface area contributed by atoms with Crippen molar-refractivity contribution in [2.75, 3.05) is 13.1 Å². The molecule has 0 bridgehead atoms. The predicted octanol–water partition coefficient (Wildman–Crippen LogP) is 3.31. The summed E-state index contributed by atoms with van der Waals surface area (Å²) in [5.74, 6) is 0. The average molecular weight is 299 g/mol. The molecule has 1 saturated heterocycles. The van der Waals surface area contributed by atoms with Crippen molar-refractivity contribution in [2.45, 2.75) is 19.0 Å². The standard InChI is InChI=1S/C15H18N2.2ClH/c1-11(17-13-9-16-10-13)14-8-4-6-12-5-2-3-7-15(12)14;;/h2-8,11,13,16-17H,9-10H2,1H3;2*1H/t11-;;/m1../s1. The second-order valence-corrected chi connectivity index (χ2v) is 4.81. The van der Waals surface area contributed by atoms with E-state index in [4.69, 9.17) is 0 Å². The fourth-order valence-corrected chi connectivity index (χ4v) is 2.48. The molecule has 3 rings (SSSR count). The van der Waals surface area contributed by atoms with Crippen LogP contribution in [0, 0.1) is 0 Å². The van der Waals surface area contributed by atoms with Gasteiger partial charge in [-0.1, -0.05) is 42.5 Å². The lowest BCUT2D eigenvalue weighted by atomic mass is 9.98. The lowest BCUT2D eigenvalue weighted by molar-refractivity contribution is 0.339. The monoisotopic (exact) mass is 298 g/mol. The fourth-order valence-electron chi connectivity index (χ4n) is 2.48. The van der Waals surface area contributed by atoms with E-state index in [1.807, 2.05) is 0 Å². The average Bonchev–Trinajstić information content (AvgIpc) is 2.33. The number of hydrogen-bond acceptors (Lipinski definition) is 2. The van der Waals surface area contributed by atoms with E-state index in [0.29, 0.717) is 12.1 Å². The second kappa shape index (κ2) is 7.11. The Labute approximate surface area is 126 Å². The predicted molar refractivity (Wildman–Crippen MR) is 86.7 cm³/mol. The van der Waals surface area contributed by atoms with Crippen LogP contribution >= 0.6 is 24.8 Å². The third kappa shape index (κ3) is 3.40. The Balaban J connectivity index is 0.000000902. The number of halogens is 2. The molecule has 2 aromatic rings. The molecule has 1 aliphatic rings. The quantitative estimate of drug-likeness (QED) is 0.908. The zero-order chi connectivity index (χ0) is 11.7. The van der Waals surface area contributed by atoms with Crippen molar-refractivity contribution < 1.29 is 0 Å². The largest absolute Gasteiger partial charge is 0.314 e. The van der Waals surface area contributed by atoms with Crippen molar-refractivity contribution in [2.24, 2.45) is 0 Å². The first-order chi connectivity index (χ1) is 8.34. The molecule has 0 spiro atoms. The molecule has 0 aromatic heterocycles. The van der Waals surface area contributed by atoms with Crippen molar-refractivity contribution in [1.29, 1.82) is 0 Å². The first-order valence-corrected chi connectivity index (χ1v) is 6.29. The molecule has 0 amide bonds. The van der Waals surface area contributed by atoms with Gasteiger partial charge in [0.05, 0.1) is 0 Å². The number of nitrogens with one attached hydrogen (secondary N) is 2. The van der Waals surface area contributed by atoms with E-state index < -0.39 is 0 Å². The van der Waals surface area contributed by atoms with Crippen molar-refractivity contribution in [3.05, 3.63) is 48.0 Å². The van der Waals surface area contributed by atoms with Gasteiger partial charge in [-0.25, -0.2) is 0 Å². The van der Waals surface area contributed by atoms with E-state index in [9.17, 15) is 0 Å². The first-order valence-electron chi connectivity index (χ1n) is 6.29. The maximum absolute atomic E-state index is 3.66. The van der Waals surface area contributed by atoms with Gasteiger partial charge in [0.25, 0.3) is 0 Å². The van der Waals surface area contributed by atoms with Crippen LogP contribution in [-0.2, 0) is 0 Å². The third-order valence-electron chi connectivity index (χ3n) is 3.56. The molecular weight excluding hydrogens is 279 g/mol. The van der Waals surface area contributed by atoms with Gasteiger partial charge in [-0.2, -0.15) is 0 Å². The maximum atomic E-state index is 3.66. The smallest absolute Gasteiger partial charge is 0.0322 e. The molecule has 2 aromatic carbocycles. The molecular formula is C15H20Cl2N2. The molecule has 19 heavy (non-hydrogen) atoms. The number of fused-ring (bicyclic) bond motifs is 1. The van der Waals surface area contributed by atoms with Crippen molar-refractivity contribution >= 4 is 35.6 Å². The van der Waals surface area contributed by atoms with Gasteiger partial charge >= 0.3 is 0 Å². The van der Waals surface area contributed by atoms with E-state index in [2.05, 4.69) is 60.0 Å². The molecule has 2 nitrogen and oxygen atoms in total. The summed E-state index contributed by atoms with van der Waals surface area (Å²) in [4.78, 5) is 0. The first kappa shape index (κ1) is 16.3. The molecule has 1 atom stereocenters. The Hall–Kier alpha value is -0.800. The molecule has 1 heterocycles. The topological polar surface area (TPSA) is 24.1 Å². The van der Waals surface area contributed by atoms with Gasteiger partial charge in [-0.05, 0) is 23.3 Å². The van der Waals surface area contributed by atoms with Crippen LogP contribution in [0.4, 0.5) is 0 Å². The van der Waals surface area contributed by atoms with Crippen molar-refractivity contribution in [1.82, 2.24) is 10.6 Å². The molecule has 104 valence electrons. The van der Waals surface area contributed by atoms with Gasteiger partial charge in [0.1, 0.15) is 0 Å². The Bertz CT molecular complexity index is 521. The Kier molecular flexibility index (Phi) is 6.08. The number of benzene rings is 2. The molecule has 0 aliphatic carbocycles. The highest BCUT2D eigenvalue weighted by atomic mass is 35.5. The van der Waals surface area contributed by atoms with Crippen LogP contribution < -0.4 is 10.6 Å². The van der Waals surface area contributed by atoms with Crippen LogP contribution in [0.5, 0.6) is 0 Å². The van der Waals surface area contributed by atoms with Crippen LogP contribution in [0.1, 0.15) is 18.5 Å². The summed E-state index contributed by atoms with van der Waals surface area (Å²) >= 11 is 0. The van der Waals surface area contributed by atoms with E-state index in [-0.39, 0.29) is 24.8 Å². The minimum Gasteiger partial charge on any atom is -0.314 e. The van der Waals surface area contributed by atoms with E-state index >= 15 is 0 Å². The summed E-state index contributed by atoms with van der Waals surface area (Å²) < 4.78 is 0. The van der Waals surface area contributed by atoms with Crippen LogP contribution in [-0.4, -0.2) is 19.1 Å². The van der Waals surface area contributed by atoms with Gasteiger partial charge in [0.2, 0.25) is 0 Å². The zero-order valence-corrected chi connectivity index (χ0v) is 12.6. The fraction of sp³-hybridized carbons (Fsp3) is 0.333. The molecule has 1 aliphatic heterocycles. The van der Waals surface area contributed by atoms with Crippen LogP contribution in [0.15, 0.2) is 42.5 Å². The Morgan fingerprint density at radius 1 is 1.05 bits per heavy atom. The second-order valence-electron chi connectivity index (χ2n) is 4.81. The normalized spacial score (nSPS) is 16.1. The highest BCUT2D eigenvalue weighted by molar-refractivity contribution is 5.86. The maximum Gasteiger partial charge on any atom is 0.0322 e. The van der Waals surface area contributed by atoms with Crippen molar-refractivity contribution in [3.63, 3.8) is 0 Å². The van der Waals surface area contributed by atoms with Gasteiger partial charge < -0.3 is 10.6 Å². The summed E-state index contributed by atoms with van der Waals surface area (Å²) in [5.41, 5.74) is 1.40. The van der Waals surface area contributed by atoms with Gasteiger partial charge in [-0.3, -0.25) is 0 Å². The zero-order valence-electron chi connectivity index (χ0n) is 10.9. The SMILES string of the molecule is C[C@@H](NC1CNC1)c1cccc2ccccc12.Cl.Cl. The summed E-state index contributed by atoms with van der Waals surface area (Å²) in [5, 5.41) is 9.64. The molecule has 4 heteroatoms. The summed E-state index contributed by atoms with van der Waals surface area (Å²) in [6.07, 6.45) is 0. The summed E-state index contributed by atoms with van der Waals surface area (Å²) in [7, 11) is 0. The van der Waals surface area contributed by atoms with Gasteiger partial charge in [-0.15, -0.1) is 24.8 Å². The lowest BCUT2D eigenvalue weighted by Gasteiger charge is -2.31.